The van der Waals surface area contributed by atoms with E-state index in [4.69, 9.17) is 14.2 Å². The molecule has 22 heavy (non-hydrogen) atoms. The van der Waals surface area contributed by atoms with Crippen molar-refractivity contribution >= 4 is 11.9 Å². The molecule has 0 fully saturated rings. The Morgan fingerprint density at radius 3 is 2.14 bits per heavy atom. The standard InChI is InChI=1S/C16H15NO5/c1-11(18)20-16(21-12(2)19)14-9-6-10-15(17-14)22-13-7-4-3-5-8-13/h3-10,16H,1-2H3. The summed E-state index contributed by atoms with van der Waals surface area (Å²) < 4.78 is 15.5. The molecule has 0 aliphatic rings. The monoisotopic (exact) mass is 301 g/mol. The van der Waals surface area contributed by atoms with Crippen molar-refractivity contribution in [1.29, 1.82) is 0 Å². The highest BCUT2D eigenvalue weighted by Crippen LogP contribution is 2.23. The Balaban J connectivity index is 2.20. The maximum Gasteiger partial charge on any atom is 0.306 e. The maximum absolute atomic E-state index is 11.1. The summed E-state index contributed by atoms with van der Waals surface area (Å²) in [7, 11) is 0. The molecular weight excluding hydrogens is 286 g/mol. The molecule has 1 aromatic carbocycles. The Bertz CT molecular complexity index is 641. The van der Waals surface area contributed by atoms with E-state index in [9.17, 15) is 9.59 Å². The fourth-order valence-corrected chi connectivity index (χ4v) is 1.67. The molecule has 0 N–H and O–H groups in total. The first kappa shape index (κ1) is 15.5. The van der Waals surface area contributed by atoms with Crippen LogP contribution in [-0.4, -0.2) is 16.9 Å². The predicted molar refractivity (Wildman–Crippen MR) is 77.0 cm³/mol. The minimum Gasteiger partial charge on any atom is -0.439 e. The summed E-state index contributed by atoms with van der Waals surface area (Å²) in [5.41, 5.74) is 0.263. The van der Waals surface area contributed by atoms with Gasteiger partial charge < -0.3 is 14.2 Å². The molecule has 0 saturated carbocycles. The van der Waals surface area contributed by atoms with E-state index >= 15 is 0 Å². The lowest BCUT2D eigenvalue weighted by molar-refractivity contribution is -0.187. The number of para-hydroxylation sites is 1. The van der Waals surface area contributed by atoms with E-state index in [1.165, 1.54) is 13.8 Å². The molecular formula is C16H15NO5. The molecule has 1 heterocycles. The lowest BCUT2D eigenvalue weighted by Crippen LogP contribution is -2.16. The summed E-state index contributed by atoms with van der Waals surface area (Å²) in [5.74, 6) is -0.249. The molecule has 2 rings (SSSR count). The highest BCUT2D eigenvalue weighted by molar-refractivity contribution is 5.68. The van der Waals surface area contributed by atoms with E-state index in [0.717, 1.165) is 0 Å². The minimum atomic E-state index is -1.20. The number of hydrogen-bond acceptors (Lipinski definition) is 6. The van der Waals surface area contributed by atoms with E-state index in [2.05, 4.69) is 4.98 Å². The third-order valence-electron chi connectivity index (χ3n) is 2.50. The highest BCUT2D eigenvalue weighted by atomic mass is 16.7. The molecule has 2 aromatic rings. The Labute approximate surface area is 127 Å². The molecule has 1 aromatic heterocycles. The second-order valence-electron chi connectivity index (χ2n) is 4.37. The SMILES string of the molecule is CC(=O)OC(OC(C)=O)c1cccc(Oc2ccccc2)n1. The van der Waals surface area contributed by atoms with Crippen molar-refractivity contribution in [2.75, 3.05) is 0 Å². The Hall–Kier alpha value is -2.89. The minimum absolute atomic E-state index is 0.263. The zero-order valence-corrected chi connectivity index (χ0v) is 12.2. The third-order valence-corrected chi connectivity index (χ3v) is 2.50. The molecule has 6 heteroatoms. The van der Waals surface area contributed by atoms with Crippen LogP contribution in [0.2, 0.25) is 0 Å². The van der Waals surface area contributed by atoms with Crippen LogP contribution in [0.4, 0.5) is 0 Å². The lowest BCUT2D eigenvalue weighted by Gasteiger charge is -2.16. The van der Waals surface area contributed by atoms with E-state index in [0.29, 0.717) is 11.6 Å². The number of carbonyl (C=O) groups excluding carboxylic acids is 2. The fourth-order valence-electron chi connectivity index (χ4n) is 1.67. The number of benzene rings is 1. The van der Waals surface area contributed by atoms with Gasteiger partial charge in [-0.15, -0.1) is 0 Å². The number of aromatic nitrogens is 1. The molecule has 0 saturated heterocycles. The van der Waals surface area contributed by atoms with Crippen LogP contribution in [0.3, 0.4) is 0 Å². The van der Waals surface area contributed by atoms with Crippen molar-refractivity contribution in [1.82, 2.24) is 4.98 Å². The first-order chi connectivity index (χ1) is 10.5. The number of esters is 2. The van der Waals surface area contributed by atoms with E-state index in [1.807, 2.05) is 18.2 Å². The van der Waals surface area contributed by atoms with Gasteiger partial charge in [-0.3, -0.25) is 9.59 Å². The van der Waals surface area contributed by atoms with Crippen LogP contribution in [0.15, 0.2) is 48.5 Å². The van der Waals surface area contributed by atoms with Gasteiger partial charge in [-0.1, -0.05) is 24.3 Å². The van der Waals surface area contributed by atoms with Gasteiger partial charge in [-0.05, 0) is 18.2 Å². The number of rotatable bonds is 5. The number of hydrogen-bond donors (Lipinski definition) is 0. The summed E-state index contributed by atoms with van der Waals surface area (Å²) in [4.78, 5) is 26.4. The molecule has 0 spiro atoms. The number of nitrogens with zero attached hydrogens (tertiary/aromatic N) is 1. The van der Waals surface area contributed by atoms with Gasteiger partial charge in [0.15, 0.2) is 0 Å². The highest BCUT2D eigenvalue weighted by Gasteiger charge is 2.20. The predicted octanol–water partition coefficient (Wildman–Crippen LogP) is 3.00. The van der Waals surface area contributed by atoms with Crippen molar-refractivity contribution in [3.63, 3.8) is 0 Å². The van der Waals surface area contributed by atoms with Gasteiger partial charge >= 0.3 is 11.9 Å². The van der Waals surface area contributed by atoms with E-state index < -0.39 is 18.2 Å². The molecule has 0 radical (unpaired) electrons. The summed E-state index contributed by atoms with van der Waals surface area (Å²) in [6.45, 7) is 2.45. The van der Waals surface area contributed by atoms with Crippen molar-refractivity contribution in [2.45, 2.75) is 20.1 Å². The van der Waals surface area contributed by atoms with Gasteiger partial charge in [0, 0.05) is 19.9 Å². The Morgan fingerprint density at radius 2 is 1.55 bits per heavy atom. The fraction of sp³-hybridized carbons (Fsp3) is 0.188. The van der Waals surface area contributed by atoms with Gasteiger partial charge in [-0.25, -0.2) is 4.98 Å². The van der Waals surface area contributed by atoms with Crippen LogP contribution < -0.4 is 4.74 Å². The van der Waals surface area contributed by atoms with Crippen molar-refractivity contribution < 1.29 is 23.8 Å². The molecule has 114 valence electrons. The lowest BCUT2D eigenvalue weighted by atomic mass is 10.3. The van der Waals surface area contributed by atoms with Crippen molar-refractivity contribution in [3.05, 3.63) is 54.2 Å². The molecule has 0 unspecified atom stereocenters. The summed E-state index contributed by atoms with van der Waals surface area (Å²) in [6.07, 6.45) is -1.20. The molecule has 0 aliphatic heterocycles. The van der Waals surface area contributed by atoms with E-state index in [1.54, 1.807) is 30.3 Å². The van der Waals surface area contributed by atoms with Crippen LogP contribution in [0.25, 0.3) is 0 Å². The first-order valence-electron chi connectivity index (χ1n) is 6.59. The zero-order valence-electron chi connectivity index (χ0n) is 12.2. The van der Waals surface area contributed by atoms with Crippen LogP contribution >= 0.6 is 0 Å². The van der Waals surface area contributed by atoms with E-state index in [-0.39, 0.29) is 5.69 Å². The molecule has 6 nitrogen and oxygen atoms in total. The average molecular weight is 301 g/mol. The number of carbonyl (C=O) groups is 2. The second kappa shape index (κ2) is 7.21. The Kier molecular flexibility index (Phi) is 5.08. The zero-order chi connectivity index (χ0) is 15.9. The molecule has 0 aliphatic carbocycles. The average Bonchev–Trinajstić information content (AvgIpc) is 2.47. The van der Waals surface area contributed by atoms with Crippen LogP contribution in [0, 0.1) is 0 Å². The second-order valence-corrected chi connectivity index (χ2v) is 4.37. The largest absolute Gasteiger partial charge is 0.439 e. The van der Waals surface area contributed by atoms with Gasteiger partial charge in [0.25, 0.3) is 6.29 Å². The molecule has 0 amide bonds. The first-order valence-corrected chi connectivity index (χ1v) is 6.59. The van der Waals surface area contributed by atoms with Gasteiger partial charge in [-0.2, -0.15) is 0 Å². The van der Waals surface area contributed by atoms with Crippen molar-refractivity contribution in [3.8, 4) is 11.6 Å². The molecule has 0 bridgehead atoms. The van der Waals surface area contributed by atoms with Crippen LogP contribution in [0.1, 0.15) is 25.8 Å². The summed E-state index contributed by atoms with van der Waals surface area (Å²) in [6, 6.07) is 14.0. The molecule has 0 atom stereocenters. The van der Waals surface area contributed by atoms with Gasteiger partial charge in [0.2, 0.25) is 5.88 Å². The smallest absolute Gasteiger partial charge is 0.306 e. The topological polar surface area (TPSA) is 74.7 Å². The summed E-state index contributed by atoms with van der Waals surface area (Å²) >= 11 is 0. The van der Waals surface area contributed by atoms with Gasteiger partial charge in [0.1, 0.15) is 11.4 Å². The van der Waals surface area contributed by atoms with Crippen LogP contribution in [-0.2, 0) is 19.1 Å². The maximum atomic E-state index is 11.1. The quantitative estimate of drug-likeness (QED) is 0.624. The normalized spacial score (nSPS) is 10.1. The van der Waals surface area contributed by atoms with Crippen LogP contribution in [0.5, 0.6) is 11.6 Å². The number of ether oxygens (including phenoxy) is 3. The van der Waals surface area contributed by atoms with Gasteiger partial charge in [0.05, 0.1) is 0 Å². The number of pyridine rings is 1. The summed E-state index contributed by atoms with van der Waals surface area (Å²) in [5, 5.41) is 0. The Morgan fingerprint density at radius 1 is 0.909 bits per heavy atom. The third kappa shape index (κ3) is 4.59. The van der Waals surface area contributed by atoms with Crippen molar-refractivity contribution in [2.24, 2.45) is 0 Å².